The maximum absolute atomic E-state index is 13.2. The minimum absolute atomic E-state index is 0.0135. The van der Waals surface area contributed by atoms with Gasteiger partial charge in [0.2, 0.25) is 5.92 Å². The van der Waals surface area contributed by atoms with Crippen LogP contribution in [0.15, 0.2) is 18.2 Å². The number of alkyl halides is 2. The van der Waals surface area contributed by atoms with E-state index in [4.69, 9.17) is 11.6 Å². The average molecular weight is 291 g/mol. The van der Waals surface area contributed by atoms with E-state index >= 15 is 0 Å². The van der Waals surface area contributed by atoms with Crippen molar-refractivity contribution in [1.29, 1.82) is 0 Å². The SMILES string of the molecule is O=C(Cc1ccc(Cl)c(F)c1)C1CCCC(F)(F)C1. The first kappa shape index (κ1) is 14.4. The summed E-state index contributed by atoms with van der Waals surface area (Å²) in [6.07, 6.45) is 0.298. The van der Waals surface area contributed by atoms with E-state index in [2.05, 4.69) is 0 Å². The Morgan fingerprint density at radius 2 is 2.16 bits per heavy atom. The Bertz CT molecular complexity index is 488. The lowest BCUT2D eigenvalue weighted by Gasteiger charge is -2.27. The zero-order valence-corrected chi connectivity index (χ0v) is 11.0. The molecule has 0 heterocycles. The Hall–Kier alpha value is -1.03. The van der Waals surface area contributed by atoms with E-state index < -0.39 is 17.7 Å². The number of hydrogen-bond donors (Lipinski definition) is 0. The predicted octanol–water partition coefficient (Wildman–Crippen LogP) is 4.42. The van der Waals surface area contributed by atoms with Gasteiger partial charge in [0.05, 0.1) is 5.02 Å². The molecule has 2 rings (SSSR count). The number of carbonyl (C=O) groups is 1. The van der Waals surface area contributed by atoms with Crippen LogP contribution in [0.2, 0.25) is 5.02 Å². The molecular weight excluding hydrogens is 277 g/mol. The standard InChI is InChI=1S/C14H14ClF3O/c15-11-4-3-9(6-12(11)16)7-13(19)10-2-1-5-14(17,18)8-10/h3-4,6,10H,1-2,5,7-8H2. The second-order valence-electron chi connectivity index (χ2n) is 5.04. The highest BCUT2D eigenvalue weighted by Crippen LogP contribution is 2.37. The largest absolute Gasteiger partial charge is 0.299 e. The Kier molecular flexibility index (Phi) is 4.19. The van der Waals surface area contributed by atoms with Gasteiger partial charge >= 0.3 is 0 Å². The van der Waals surface area contributed by atoms with Gasteiger partial charge in [-0.3, -0.25) is 4.79 Å². The van der Waals surface area contributed by atoms with Crippen LogP contribution in [-0.2, 0) is 11.2 Å². The molecule has 1 fully saturated rings. The van der Waals surface area contributed by atoms with E-state index in [0.29, 0.717) is 18.4 Å². The van der Waals surface area contributed by atoms with E-state index in [9.17, 15) is 18.0 Å². The molecule has 19 heavy (non-hydrogen) atoms. The Balaban J connectivity index is 2.02. The minimum atomic E-state index is -2.75. The first-order valence-corrected chi connectivity index (χ1v) is 6.60. The predicted molar refractivity (Wildman–Crippen MR) is 67.0 cm³/mol. The first-order valence-electron chi connectivity index (χ1n) is 6.22. The number of Topliss-reactive ketones (excluding diaryl/α,β-unsaturated/α-hetero) is 1. The molecule has 0 amide bonds. The van der Waals surface area contributed by atoms with Crippen LogP contribution in [0.1, 0.15) is 31.2 Å². The molecule has 0 bridgehead atoms. The van der Waals surface area contributed by atoms with Crippen molar-refractivity contribution < 1.29 is 18.0 Å². The monoisotopic (exact) mass is 290 g/mol. The van der Waals surface area contributed by atoms with E-state index in [1.54, 1.807) is 6.07 Å². The van der Waals surface area contributed by atoms with Crippen molar-refractivity contribution >= 4 is 17.4 Å². The summed E-state index contributed by atoms with van der Waals surface area (Å²) >= 11 is 5.54. The summed E-state index contributed by atoms with van der Waals surface area (Å²) in [5.74, 6) is -4.21. The topological polar surface area (TPSA) is 17.1 Å². The summed E-state index contributed by atoms with van der Waals surface area (Å²) in [5.41, 5.74) is 0.473. The van der Waals surface area contributed by atoms with E-state index in [1.165, 1.54) is 12.1 Å². The molecule has 5 heteroatoms. The number of ketones is 1. The van der Waals surface area contributed by atoms with Crippen LogP contribution in [0.25, 0.3) is 0 Å². The fourth-order valence-electron chi connectivity index (χ4n) is 2.44. The highest BCUT2D eigenvalue weighted by molar-refractivity contribution is 6.30. The van der Waals surface area contributed by atoms with Crippen molar-refractivity contribution in [3.05, 3.63) is 34.6 Å². The van der Waals surface area contributed by atoms with Crippen molar-refractivity contribution in [2.75, 3.05) is 0 Å². The maximum Gasteiger partial charge on any atom is 0.248 e. The number of benzene rings is 1. The molecule has 1 unspecified atom stereocenters. The Morgan fingerprint density at radius 3 is 2.79 bits per heavy atom. The summed E-state index contributed by atoms with van der Waals surface area (Å²) in [4.78, 5) is 12.0. The minimum Gasteiger partial charge on any atom is -0.299 e. The summed E-state index contributed by atoms with van der Waals surface area (Å²) < 4.78 is 39.7. The summed E-state index contributed by atoms with van der Waals surface area (Å²) in [7, 11) is 0. The van der Waals surface area contributed by atoms with Gasteiger partial charge in [0.25, 0.3) is 0 Å². The van der Waals surface area contributed by atoms with E-state index in [1.807, 2.05) is 0 Å². The van der Waals surface area contributed by atoms with Crippen LogP contribution in [0, 0.1) is 11.7 Å². The summed E-state index contributed by atoms with van der Waals surface area (Å²) in [5, 5.41) is -0.0135. The van der Waals surface area contributed by atoms with Gasteiger partial charge in [0.15, 0.2) is 0 Å². The molecule has 0 radical (unpaired) electrons. The first-order chi connectivity index (χ1) is 8.87. The lowest BCUT2D eigenvalue weighted by Crippen LogP contribution is -2.31. The molecular formula is C14H14ClF3O. The third-order valence-corrected chi connectivity index (χ3v) is 3.76. The van der Waals surface area contributed by atoms with Gasteiger partial charge in [0, 0.05) is 25.2 Å². The highest BCUT2D eigenvalue weighted by Gasteiger charge is 2.38. The van der Waals surface area contributed by atoms with Crippen LogP contribution in [0.5, 0.6) is 0 Å². The Morgan fingerprint density at radius 1 is 1.42 bits per heavy atom. The second kappa shape index (κ2) is 5.53. The fourth-order valence-corrected chi connectivity index (χ4v) is 2.56. The van der Waals surface area contributed by atoms with Gasteiger partial charge in [-0.15, -0.1) is 0 Å². The molecule has 0 saturated heterocycles. The third kappa shape index (κ3) is 3.72. The van der Waals surface area contributed by atoms with Crippen molar-refractivity contribution in [2.45, 2.75) is 38.0 Å². The number of rotatable bonds is 3. The second-order valence-corrected chi connectivity index (χ2v) is 5.45. The third-order valence-electron chi connectivity index (χ3n) is 3.46. The molecule has 104 valence electrons. The van der Waals surface area contributed by atoms with Crippen molar-refractivity contribution in [3.8, 4) is 0 Å². The molecule has 1 nitrogen and oxygen atoms in total. The zero-order chi connectivity index (χ0) is 14.0. The summed E-state index contributed by atoms with van der Waals surface area (Å²) in [6.45, 7) is 0. The molecule has 1 atom stereocenters. The lowest BCUT2D eigenvalue weighted by molar-refractivity contribution is -0.129. The zero-order valence-electron chi connectivity index (χ0n) is 10.3. The number of halogens is 4. The molecule has 0 N–H and O–H groups in total. The van der Waals surface area contributed by atoms with Crippen molar-refractivity contribution in [3.63, 3.8) is 0 Å². The normalized spacial score (nSPS) is 22.2. The van der Waals surface area contributed by atoms with Crippen LogP contribution in [0.3, 0.4) is 0 Å². The molecule has 1 aromatic carbocycles. The van der Waals surface area contributed by atoms with Crippen LogP contribution >= 0.6 is 11.6 Å². The molecule has 0 aromatic heterocycles. The summed E-state index contributed by atoms with van der Waals surface area (Å²) in [6, 6.07) is 4.10. The van der Waals surface area contributed by atoms with E-state index in [0.717, 1.165) is 0 Å². The fraction of sp³-hybridized carbons (Fsp3) is 0.500. The van der Waals surface area contributed by atoms with E-state index in [-0.39, 0.29) is 30.1 Å². The van der Waals surface area contributed by atoms with Gasteiger partial charge in [-0.2, -0.15) is 0 Å². The van der Waals surface area contributed by atoms with Gasteiger partial charge in [-0.25, -0.2) is 13.2 Å². The van der Waals surface area contributed by atoms with Crippen LogP contribution in [0.4, 0.5) is 13.2 Å². The smallest absolute Gasteiger partial charge is 0.248 e. The molecule has 0 aliphatic heterocycles. The number of hydrogen-bond acceptors (Lipinski definition) is 1. The van der Waals surface area contributed by atoms with Crippen molar-refractivity contribution in [2.24, 2.45) is 5.92 Å². The number of carbonyl (C=O) groups excluding carboxylic acids is 1. The molecule has 1 aliphatic carbocycles. The van der Waals surface area contributed by atoms with Crippen molar-refractivity contribution in [1.82, 2.24) is 0 Å². The molecule has 1 saturated carbocycles. The molecule has 1 aromatic rings. The van der Waals surface area contributed by atoms with Crippen LogP contribution in [-0.4, -0.2) is 11.7 Å². The van der Waals surface area contributed by atoms with Gasteiger partial charge < -0.3 is 0 Å². The highest BCUT2D eigenvalue weighted by atomic mass is 35.5. The van der Waals surface area contributed by atoms with Gasteiger partial charge in [0.1, 0.15) is 11.6 Å². The quantitative estimate of drug-likeness (QED) is 0.805. The lowest BCUT2D eigenvalue weighted by atomic mass is 9.82. The van der Waals surface area contributed by atoms with Crippen LogP contribution < -0.4 is 0 Å². The molecule has 1 aliphatic rings. The van der Waals surface area contributed by atoms with Gasteiger partial charge in [-0.1, -0.05) is 17.7 Å². The maximum atomic E-state index is 13.2. The Labute approximate surface area is 114 Å². The molecule has 0 spiro atoms. The van der Waals surface area contributed by atoms with Gasteiger partial charge in [-0.05, 0) is 30.5 Å². The average Bonchev–Trinajstić information content (AvgIpc) is 2.32.